The Morgan fingerprint density at radius 3 is 2.59 bits per heavy atom. The zero-order chi connectivity index (χ0) is 20.2. The highest BCUT2D eigenvalue weighted by Gasteiger charge is 2.25. The van der Waals surface area contributed by atoms with Crippen LogP contribution in [0.15, 0.2) is 54.6 Å². The maximum atomic E-state index is 13.2. The van der Waals surface area contributed by atoms with Gasteiger partial charge in [-0.15, -0.1) is 0 Å². The van der Waals surface area contributed by atoms with Gasteiger partial charge in [0.2, 0.25) is 5.91 Å². The first kappa shape index (κ1) is 19.6. The van der Waals surface area contributed by atoms with Gasteiger partial charge in [0.25, 0.3) is 0 Å². The number of likely N-dealkylation sites (N-methyl/N-ethyl adjacent to an activating group) is 1. The summed E-state index contributed by atoms with van der Waals surface area (Å²) in [6, 6.07) is 16.4. The van der Waals surface area contributed by atoms with Gasteiger partial charge in [-0.2, -0.15) is 0 Å². The summed E-state index contributed by atoms with van der Waals surface area (Å²) in [6.07, 6.45) is 6.74. The molecule has 4 heteroatoms. The molecule has 0 N–H and O–H groups in total. The highest BCUT2D eigenvalue weighted by molar-refractivity contribution is 5.98. The molecule has 4 rings (SSSR count). The fourth-order valence-corrected chi connectivity index (χ4v) is 4.32. The van der Waals surface area contributed by atoms with Crippen molar-refractivity contribution < 1.29 is 9.59 Å². The van der Waals surface area contributed by atoms with E-state index in [9.17, 15) is 9.59 Å². The number of rotatable bonds is 6. The second-order valence-corrected chi connectivity index (χ2v) is 8.13. The number of benzene rings is 2. The second kappa shape index (κ2) is 8.75. The largest absolute Gasteiger partial charge is 0.337 e. The highest BCUT2D eigenvalue weighted by atomic mass is 16.2. The van der Waals surface area contributed by atoms with Crippen molar-refractivity contribution in [2.24, 2.45) is 0 Å². The average molecular weight is 389 g/mol. The zero-order valence-corrected chi connectivity index (χ0v) is 17.0. The third kappa shape index (κ3) is 4.65. The Morgan fingerprint density at radius 2 is 1.83 bits per heavy atom. The molecule has 1 aliphatic carbocycles. The van der Waals surface area contributed by atoms with Crippen LogP contribution < -0.4 is 0 Å². The number of allylic oxidation sites excluding steroid dienone is 1. The summed E-state index contributed by atoms with van der Waals surface area (Å²) in [7, 11) is 1.92. The van der Waals surface area contributed by atoms with Crippen molar-refractivity contribution >= 4 is 17.8 Å². The number of carbonyl (C=O) groups excluding carboxylic acids is 2. The summed E-state index contributed by atoms with van der Waals surface area (Å²) in [5, 5.41) is 0. The van der Waals surface area contributed by atoms with Crippen molar-refractivity contribution in [3.8, 4) is 0 Å². The van der Waals surface area contributed by atoms with Gasteiger partial charge in [-0.1, -0.05) is 54.6 Å². The van der Waals surface area contributed by atoms with Crippen molar-refractivity contribution in [3.05, 3.63) is 76.9 Å². The van der Waals surface area contributed by atoms with E-state index in [2.05, 4.69) is 17.0 Å². The first-order chi connectivity index (χ1) is 14.1. The minimum absolute atomic E-state index is 0.0453. The smallest absolute Gasteiger partial charge is 0.227 e. The van der Waals surface area contributed by atoms with Crippen LogP contribution in [0.25, 0.3) is 6.08 Å². The SMILES string of the molecule is CN(C(=O)Cc1ccc2c(c1)CC(=O)C=C2)[C@H](CN1CCCC1)c1ccccc1. The molecule has 0 saturated carbocycles. The molecule has 150 valence electrons. The number of likely N-dealkylation sites (tertiary alicyclic amines) is 1. The van der Waals surface area contributed by atoms with Crippen LogP contribution in [-0.2, 0) is 22.4 Å². The average Bonchev–Trinajstić information content (AvgIpc) is 3.25. The molecule has 1 aliphatic heterocycles. The van der Waals surface area contributed by atoms with Gasteiger partial charge in [0.15, 0.2) is 5.78 Å². The molecule has 0 bridgehead atoms. The van der Waals surface area contributed by atoms with Gasteiger partial charge in [-0.25, -0.2) is 0 Å². The first-order valence-electron chi connectivity index (χ1n) is 10.5. The van der Waals surface area contributed by atoms with Gasteiger partial charge >= 0.3 is 0 Å². The molecule has 2 aromatic carbocycles. The van der Waals surface area contributed by atoms with E-state index in [1.807, 2.05) is 54.4 Å². The van der Waals surface area contributed by atoms with E-state index in [4.69, 9.17) is 0 Å². The van der Waals surface area contributed by atoms with E-state index in [0.29, 0.717) is 12.8 Å². The van der Waals surface area contributed by atoms with Crippen LogP contribution in [0.2, 0.25) is 0 Å². The normalized spacial score (nSPS) is 17.2. The van der Waals surface area contributed by atoms with Gasteiger partial charge in [0, 0.05) is 20.0 Å². The van der Waals surface area contributed by atoms with E-state index in [-0.39, 0.29) is 17.7 Å². The quantitative estimate of drug-likeness (QED) is 0.758. The molecule has 29 heavy (non-hydrogen) atoms. The molecule has 0 aromatic heterocycles. The van der Waals surface area contributed by atoms with E-state index in [0.717, 1.165) is 36.3 Å². The summed E-state index contributed by atoms with van der Waals surface area (Å²) in [6.45, 7) is 3.09. The molecule has 0 spiro atoms. The van der Waals surface area contributed by atoms with Crippen molar-refractivity contribution in [2.75, 3.05) is 26.7 Å². The number of hydrogen-bond donors (Lipinski definition) is 0. The Labute approximate surface area is 172 Å². The minimum atomic E-state index is 0.0453. The lowest BCUT2D eigenvalue weighted by Gasteiger charge is -2.32. The molecular formula is C25H28N2O2. The molecule has 0 radical (unpaired) electrons. The molecule has 1 saturated heterocycles. The van der Waals surface area contributed by atoms with Crippen molar-refractivity contribution in [1.82, 2.24) is 9.80 Å². The molecule has 2 aromatic rings. The molecule has 1 amide bonds. The van der Waals surface area contributed by atoms with Gasteiger partial charge in [0.05, 0.1) is 12.5 Å². The van der Waals surface area contributed by atoms with Crippen LogP contribution in [-0.4, -0.2) is 48.2 Å². The van der Waals surface area contributed by atoms with E-state index in [1.54, 1.807) is 6.08 Å². The maximum Gasteiger partial charge on any atom is 0.227 e. The molecule has 4 nitrogen and oxygen atoms in total. The van der Waals surface area contributed by atoms with Crippen LogP contribution in [0.3, 0.4) is 0 Å². The van der Waals surface area contributed by atoms with Crippen molar-refractivity contribution in [3.63, 3.8) is 0 Å². The van der Waals surface area contributed by atoms with Crippen molar-refractivity contribution in [2.45, 2.75) is 31.7 Å². The standard InChI is InChI=1S/C25H28N2O2/c1-26(24(18-27-13-5-6-14-27)21-7-3-2-4-8-21)25(29)16-19-9-10-20-11-12-23(28)17-22(20)15-19/h2-4,7-12,15,24H,5-6,13-14,16-18H2,1H3/t24-/m1/s1. The Morgan fingerprint density at radius 1 is 1.07 bits per heavy atom. The summed E-state index contributed by atoms with van der Waals surface area (Å²) < 4.78 is 0. The monoisotopic (exact) mass is 388 g/mol. The zero-order valence-electron chi connectivity index (χ0n) is 17.0. The minimum Gasteiger partial charge on any atom is -0.337 e. The van der Waals surface area contributed by atoms with Crippen LogP contribution in [0.1, 0.15) is 41.1 Å². The van der Waals surface area contributed by atoms with Crippen molar-refractivity contribution in [1.29, 1.82) is 0 Å². The fourth-order valence-electron chi connectivity index (χ4n) is 4.32. The summed E-state index contributed by atoms with van der Waals surface area (Å²) >= 11 is 0. The fraction of sp³-hybridized carbons (Fsp3) is 0.360. The van der Waals surface area contributed by atoms with E-state index in [1.165, 1.54) is 18.4 Å². The number of amides is 1. The van der Waals surface area contributed by atoms with Gasteiger partial charge in [-0.05, 0) is 54.3 Å². The lowest BCUT2D eigenvalue weighted by Crippen LogP contribution is -2.39. The third-order valence-electron chi connectivity index (χ3n) is 6.05. The number of hydrogen-bond acceptors (Lipinski definition) is 3. The number of carbonyl (C=O) groups is 2. The number of ketones is 1. The molecule has 2 aliphatic rings. The second-order valence-electron chi connectivity index (χ2n) is 8.13. The third-order valence-corrected chi connectivity index (χ3v) is 6.05. The van der Waals surface area contributed by atoms with E-state index < -0.39 is 0 Å². The predicted octanol–water partition coefficient (Wildman–Crippen LogP) is 3.66. The van der Waals surface area contributed by atoms with Crippen LogP contribution in [0.4, 0.5) is 0 Å². The molecule has 0 unspecified atom stereocenters. The number of fused-ring (bicyclic) bond motifs is 1. The van der Waals surface area contributed by atoms with Gasteiger partial charge < -0.3 is 9.80 Å². The van der Waals surface area contributed by atoms with Crippen LogP contribution in [0.5, 0.6) is 0 Å². The Bertz CT molecular complexity index is 914. The maximum absolute atomic E-state index is 13.2. The summed E-state index contributed by atoms with van der Waals surface area (Å²) in [4.78, 5) is 29.2. The molecule has 1 heterocycles. The molecular weight excluding hydrogens is 360 g/mol. The van der Waals surface area contributed by atoms with Gasteiger partial charge in [0.1, 0.15) is 0 Å². The predicted molar refractivity (Wildman–Crippen MR) is 116 cm³/mol. The first-order valence-corrected chi connectivity index (χ1v) is 10.5. The van der Waals surface area contributed by atoms with E-state index >= 15 is 0 Å². The van der Waals surface area contributed by atoms with Crippen LogP contribution in [0, 0.1) is 0 Å². The number of nitrogens with zero attached hydrogens (tertiary/aromatic N) is 2. The highest BCUT2D eigenvalue weighted by Crippen LogP contribution is 2.25. The molecule has 1 fully saturated rings. The summed E-state index contributed by atoms with van der Waals surface area (Å²) in [5.41, 5.74) is 4.24. The van der Waals surface area contributed by atoms with Crippen LogP contribution >= 0.6 is 0 Å². The molecule has 1 atom stereocenters. The lowest BCUT2D eigenvalue weighted by molar-refractivity contribution is -0.131. The topological polar surface area (TPSA) is 40.6 Å². The Hall–Kier alpha value is -2.72. The van der Waals surface area contributed by atoms with Gasteiger partial charge in [-0.3, -0.25) is 9.59 Å². The Kier molecular flexibility index (Phi) is 5.91. The summed E-state index contributed by atoms with van der Waals surface area (Å²) in [5.74, 6) is 0.225. The lowest BCUT2D eigenvalue weighted by atomic mass is 9.93. The Balaban J connectivity index is 1.50.